The van der Waals surface area contributed by atoms with Crippen molar-refractivity contribution in [3.8, 4) is 0 Å². The minimum atomic E-state index is 0.137. The molecule has 4 heteroatoms. The molecule has 0 radical (unpaired) electrons. The van der Waals surface area contributed by atoms with Crippen molar-refractivity contribution in [2.75, 3.05) is 6.61 Å². The summed E-state index contributed by atoms with van der Waals surface area (Å²) in [4.78, 5) is 0. The fourth-order valence-electron chi connectivity index (χ4n) is 1.01. The van der Waals surface area contributed by atoms with Gasteiger partial charge in [-0.25, -0.2) is 0 Å². The molecule has 0 aliphatic carbocycles. The van der Waals surface area contributed by atoms with Crippen LogP contribution in [0.4, 0.5) is 0 Å². The zero-order chi connectivity index (χ0) is 10.6. The molecule has 78 valence electrons. The van der Waals surface area contributed by atoms with Crippen LogP contribution >= 0.6 is 31.9 Å². The fourth-order valence-corrected chi connectivity index (χ4v) is 1.68. The van der Waals surface area contributed by atoms with Crippen LogP contribution in [0.3, 0.4) is 0 Å². The topological polar surface area (TPSA) is 32.3 Å². The van der Waals surface area contributed by atoms with Gasteiger partial charge in [-0.05, 0) is 56.5 Å². The number of aliphatic hydroxyl groups is 1. The Balaban J connectivity index is 2.55. The largest absolute Gasteiger partial charge is 0.395 e. The van der Waals surface area contributed by atoms with Gasteiger partial charge in [0.15, 0.2) is 0 Å². The molecule has 14 heavy (non-hydrogen) atoms. The Morgan fingerprint density at radius 1 is 1.36 bits per heavy atom. The highest BCUT2D eigenvalue weighted by atomic mass is 79.9. The quantitative estimate of drug-likeness (QED) is 0.893. The zero-order valence-corrected chi connectivity index (χ0v) is 11.1. The van der Waals surface area contributed by atoms with E-state index in [2.05, 4.69) is 43.2 Å². The lowest BCUT2D eigenvalue weighted by Crippen LogP contribution is -2.28. The SMILES string of the molecule is C[C@H](CO)NCc1ccc(Br)c(Br)c1. The van der Waals surface area contributed by atoms with Crippen molar-refractivity contribution >= 4 is 31.9 Å². The van der Waals surface area contributed by atoms with Gasteiger partial charge in [-0.3, -0.25) is 0 Å². The van der Waals surface area contributed by atoms with Gasteiger partial charge in [-0.2, -0.15) is 0 Å². The second-order valence-corrected chi connectivity index (χ2v) is 4.92. The molecule has 0 fully saturated rings. The van der Waals surface area contributed by atoms with Gasteiger partial charge >= 0.3 is 0 Å². The molecule has 2 N–H and O–H groups in total. The Hall–Kier alpha value is 0.1000. The van der Waals surface area contributed by atoms with Crippen LogP contribution in [-0.4, -0.2) is 17.8 Å². The second kappa shape index (κ2) is 5.85. The van der Waals surface area contributed by atoms with E-state index in [1.165, 1.54) is 5.56 Å². The number of aliphatic hydroxyl groups excluding tert-OH is 1. The number of nitrogens with one attached hydrogen (secondary N) is 1. The first-order valence-electron chi connectivity index (χ1n) is 4.41. The first-order valence-corrected chi connectivity index (χ1v) is 6.00. The van der Waals surface area contributed by atoms with Crippen LogP contribution in [0.5, 0.6) is 0 Å². The Bertz CT molecular complexity index is 304. The summed E-state index contributed by atoms with van der Waals surface area (Å²) in [7, 11) is 0. The van der Waals surface area contributed by atoms with Crippen molar-refractivity contribution < 1.29 is 5.11 Å². The van der Waals surface area contributed by atoms with Crippen molar-refractivity contribution in [3.05, 3.63) is 32.7 Å². The molecule has 0 saturated heterocycles. The van der Waals surface area contributed by atoms with Gasteiger partial charge in [0, 0.05) is 21.5 Å². The van der Waals surface area contributed by atoms with E-state index in [4.69, 9.17) is 5.11 Å². The van der Waals surface area contributed by atoms with Gasteiger partial charge in [-0.15, -0.1) is 0 Å². The normalized spacial score (nSPS) is 12.9. The Kier molecular flexibility index (Phi) is 5.09. The van der Waals surface area contributed by atoms with Gasteiger partial charge < -0.3 is 10.4 Å². The summed E-state index contributed by atoms with van der Waals surface area (Å²) in [5.41, 5.74) is 1.19. The minimum absolute atomic E-state index is 0.137. The predicted octanol–water partition coefficient (Wildman–Crippen LogP) is 2.68. The third-order valence-electron chi connectivity index (χ3n) is 1.91. The lowest BCUT2D eigenvalue weighted by molar-refractivity contribution is 0.251. The molecule has 2 nitrogen and oxygen atoms in total. The minimum Gasteiger partial charge on any atom is -0.395 e. The van der Waals surface area contributed by atoms with Crippen LogP contribution in [0.1, 0.15) is 12.5 Å². The molecule has 1 aromatic carbocycles. The molecule has 0 aliphatic heterocycles. The summed E-state index contributed by atoms with van der Waals surface area (Å²) in [6.07, 6.45) is 0. The summed E-state index contributed by atoms with van der Waals surface area (Å²) < 4.78 is 2.10. The van der Waals surface area contributed by atoms with E-state index < -0.39 is 0 Å². The number of halogens is 2. The molecule has 1 atom stereocenters. The highest BCUT2D eigenvalue weighted by Crippen LogP contribution is 2.23. The van der Waals surface area contributed by atoms with Crippen molar-refractivity contribution in [3.63, 3.8) is 0 Å². The van der Waals surface area contributed by atoms with Crippen LogP contribution in [0.2, 0.25) is 0 Å². The van der Waals surface area contributed by atoms with Gasteiger partial charge in [-0.1, -0.05) is 6.07 Å². The third kappa shape index (κ3) is 3.69. The van der Waals surface area contributed by atoms with Crippen molar-refractivity contribution in [1.29, 1.82) is 0 Å². The molecule has 1 rings (SSSR count). The first-order chi connectivity index (χ1) is 6.63. The van der Waals surface area contributed by atoms with Crippen LogP contribution in [0.15, 0.2) is 27.1 Å². The van der Waals surface area contributed by atoms with E-state index in [1.807, 2.05) is 19.1 Å². The van der Waals surface area contributed by atoms with Gasteiger partial charge in [0.2, 0.25) is 0 Å². The van der Waals surface area contributed by atoms with E-state index in [1.54, 1.807) is 0 Å². The summed E-state index contributed by atoms with van der Waals surface area (Å²) in [5.74, 6) is 0. The Morgan fingerprint density at radius 2 is 2.07 bits per heavy atom. The van der Waals surface area contributed by atoms with Crippen LogP contribution in [0.25, 0.3) is 0 Å². The second-order valence-electron chi connectivity index (χ2n) is 3.21. The molecule has 0 heterocycles. The van der Waals surface area contributed by atoms with Gasteiger partial charge in [0.25, 0.3) is 0 Å². The maximum Gasteiger partial charge on any atom is 0.0582 e. The molecule has 0 amide bonds. The highest BCUT2D eigenvalue weighted by molar-refractivity contribution is 9.13. The summed E-state index contributed by atoms with van der Waals surface area (Å²) >= 11 is 6.86. The van der Waals surface area contributed by atoms with E-state index >= 15 is 0 Å². The molecule has 1 aromatic rings. The van der Waals surface area contributed by atoms with Crippen LogP contribution < -0.4 is 5.32 Å². The third-order valence-corrected chi connectivity index (χ3v) is 3.79. The highest BCUT2D eigenvalue weighted by Gasteiger charge is 2.01. The maximum atomic E-state index is 8.83. The summed E-state index contributed by atoms with van der Waals surface area (Å²) in [5, 5.41) is 12.0. The van der Waals surface area contributed by atoms with E-state index in [0.717, 1.165) is 15.5 Å². The van der Waals surface area contributed by atoms with E-state index in [0.29, 0.717) is 0 Å². The monoisotopic (exact) mass is 321 g/mol. The molecule has 0 aromatic heterocycles. The lowest BCUT2D eigenvalue weighted by atomic mass is 10.2. The number of hydrogen-bond acceptors (Lipinski definition) is 2. The van der Waals surface area contributed by atoms with Crippen LogP contribution in [-0.2, 0) is 6.54 Å². The average Bonchev–Trinajstić information content (AvgIpc) is 2.19. The standard InChI is InChI=1S/C10H13Br2NO/c1-7(6-14)13-5-8-2-3-9(11)10(12)4-8/h2-4,7,13-14H,5-6H2,1H3/t7-/m1/s1. The van der Waals surface area contributed by atoms with Crippen LogP contribution in [0, 0.1) is 0 Å². The smallest absolute Gasteiger partial charge is 0.0582 e. The molecule has 0 aliphatic rings. The van der Waals surface area contributed by atoms with Crippen molar-refractivity contribution in [2.45, 2.75) is 19.5 Å². The molecular weight excluding hydrogens is 310 g/mol. The zero-order valence-electron chi connectivity index (χ0n) is 7.93. The van der Waals surface area contributed by atoms with Gasteiger partial charge in [0.05, 0.1) is 6.61 Å². The lowest BCUT2D eigenvalue weighted by Gasteiger charge is -2.10. The van der Waals surface area contributed by atoms with E-state index in [-0.39, 0.29) is 12.6 Å². The van der Waals surface area contributed by atoms with Crippen molar-refractivity contribution in [1.82, 2.24) is 5.32 Å². The fraction of sp³-hybridized carbons (Fsp3) is 0.400. The first kappa shape index (κ1) is 12.2. The van der Waals surface area contributed by atoms with Gasteiger partial charge in [0.1, 0.15) is 0 Å². The Morgan fingerprint density at radius 3 is 2.64 bits per heavy atom. The van der Waals surface area contributed by atoms with Crippen molar-refractivity contribution in [2.24, 2.45) is 0 Å². The maximum absolute atomic E-state index is 8.83. The number of hydrogen-bond donors (Lipinski definition) is 2. The number of rotatable bonds is 4. The summed E-state index contributed by atoms with van der Waals surface area (Å²) in [6.45, 7) is 2.89. The Labute approximate surface area is 101 Å². The number of benzene rings is 1. The van der Waals surface area contributed by atoms with E-state index in [9.17, 15) is 0 Å². The molecule has 0 spiro atoms. The molecule has 0 saturated carbocycles. The predicted molar refractivity (Wildman–Crippen MR) is 65.2 cm³/mol. The summed E-state index contributed by atoms with van der Waals surface area (Å²) in [6, 6.07) is 6.25. The average molecular weight is 323 g/mol. The molecule has 0 unspecified atom stereocenters. The molecule has 0 bridgehead atoms. The molecular formula is C10H13Br2NO.